The summed E-state index contributed by atoms with van der Waals surface area (Å²) in [6, 6.07) is 8.86. The number of thiophene rings is 1. The van der Waals surface area contributed by atoms with Crippen LogP contribution in [0.1, 0.15) is 16.0 Å². The molecule has 0 radical (unpaired) electrons. The second-order valence-corrected chi connectivity index (χ2v) is 8.13. The van der Waals surface area contributed by atoms with Gasteiger partial charge in [0.25, 0.3) is 0 Å². The van der Waals surface area contributed by atoms with Gasteiger partial charge in [-0.05, 0) is 42.7 Å². The highest BCUT2D eigenvalue weighted by Crippen LogP contribution is 2.22. The third kappa shape index (κ3) is 4.05. The largest absolute Gasteiger partial charge is 0.326 e. The Kier molecular flexibility index (Phi) is 5.40. The fraction of sp³-hybridized carbons (Fsp3) is 0.286. The van der Waals surface area contributed by atoms with Crippen LogP contribution in [-0.4, -0.2) is 15.0 Å². The van der Waals surface area contributed by atoms with Gasteiger partial charge in [-0.15, -0.1) is 11.3 Å². The molecule has 2 aromatic rings. The molecule has 0 saturated heterocycles. The van der Waals surface area contributed by atoms with Crippen LogP contribution in [0.15, 0.2) is 35.2 Å². The van der Waals surface area contributed by atoms with Crippen LogP contribution in [0.2, 0.25) is 4.34 Å². The van der Waals surface area contributed by atoms with Gasteiger partial charge in [0, 0.05) is 18.0 Å². The van der Waals surface area contributed by atoms with Crippen LogP contribution in [0.25, 0.3) is 0 Å². The number of sulfonamides is 1. The molecular formula is C14H17ClN2O2S2. The SMILES string of the molecule is Cc1c(CN)cccc1S(=O)(=O)NCCc1ccc(Cl)s1. The summed E-state index contributed by atoms with van der Waals surface area (Å²) in [5, 5.41) is 0. The van der Waals surface area contributed by atoms with Crippen LogP contribution in [0, 0.1) is 6.92 Å². The van der Waals surface area contributed by atoms with Crippen molar-refractivity contribution in [3.8, 4) is 0 Å². The quantitative estimate of drug-likeness (QED) is 0.846. The average Bonchev–Trinajstić information content (AvgIpc) is 2.84. The predicted octanol–water partition coefficient (Wildman–Crippen LogP) is 2.69. The van der Waals surface area contributed by atoms with Crippen LogP contribution in [-0.2, 0) is 23.0 Å². The molecular weight excluding hydrogens is 328 g/mol. The highest BCUT2D eigenvalue weighted by molar-refractivity contribution is 7.89. The van der Waals surface area contributed by atoms with Gasteiger partial charge in [0.2, 0.25) is 10.0 Å². The Balaban J connectivity index is 2.08. The molecule has 21 heavy (non-hydrogen) atoms. The lowest BCUT2D eigenvalue weighted by atomic mass is 10.1. The first-order valence-corrected chi connectivity index (χ1v) is 9.14. The van der Waals surface area contributed by atoms with Crippen LogP contribution in [0.3, 0.4) is 0 Å². The molecule has 7 heteroatoms. The molecule has 2 rings (SSSR count). The molecule has 3 N–H and O–H groups in total. The van der Waals surface area contributed by atoms with E-state index in [-0.39, 0.29) is 4.90 Å². The van der Waals surface area contributed by atoms with Crippen molar-refractivity contribution in [2.45, 2.75) is 24.8 Å². The van der Waals surface area contributed by atoms with Crippen LogP contribution >= 0.6 is 22.9 Å². The van der Waals surface area contributed by atoms with Crippen molar-refractivity contribution in [3.05, 3.63) is 50.7 Å². The van der Waals surface area contributed by atoms with Gasteiger partial charge < -0.3 is 5.73 Å². The minimum absolute atomic E-state index is 0.287. The predicted molar refractivity (Wildman–Crippen MR) is 87.3 cm³/mol. The van der Waals surface area contributed by atoms with Crippen LogP contribution in [0.5, 0.6) is 0 Å². The van der Waals surface area contributed by atoms with Crippen molar-refractivity contribution in [1.82, 2.24) is 4.72 Å². The molecule has 0 aliphatic heterocycles. The number of nitrogens with two attached hydrogens (primary N) is 1. The molecule has 1 aromatic carbocycles. The maximum absolute atomic E-state index is 12.3. The van der Waals surface area contributed by atoms with Gasteiger partial charge in [-0.3, -0.25) is 0 Å². The van der Waals surface area contributed by atoms with E-state index in [1.54, 1.807) is 19.1 Å². The first kappa shape index (κ1) is 16.5. The normalized spacial score (nSPS) is 11.8. The van der Waals surface area contributed by atoms with Crippen molar-refractivity contribution in [3.63, 3.8) is 0 Å². The number of hydrogen-bond acceptors (Lipinski definition) is 4. The Bertz CT molecular complexity index is 726. The summed E-state index contributed by atoms with van der Waals surface area (Å²) >= 11 is 7.30. The van der Waals surface area contributed by atoms with Gasteiger partial charge in [-0.25, -0.2) is 13.1 Å². The smallest absolute Gasteiger partial charge is 0.240 e. The molecule has 0 unspecified atom stereocenters. The van der Waals surface area contributed by atoms with E-state index in [1.807, 2.05) is 18.2 Å². The minimum Gasteiger partial charge on any atom is -0.326 e. The molecule has 0 bridgehead atoms. The molecule has 0 aliphatic rings. The maximum Gasteiger partial charge on any atom is 0.240 e. The van der Waals surface area contributed by atoms with Crippen molar-refractivity contribution in [1.29, 1.82) is 0 Å². The lowest BCUT2D eigenvalue weighted by Gasteiger charge is -2.11. The van der Waals surface area contributed by atoms with E-state index in [9.17, 15) is 8.42 Å². The Hall–Kier alpha value is -0.920. The molecule has 4 nitrogen and oxygen atoms in total. The monoisotopic (exact) mass is 344 g/mol. The number of hydrogen-bond donors (Lipinski definition) is 2. The first-order chi connectivity index (χ1) is 9.94. The van der Waals surface area contributed by atoms with Gasteiger partial charge in [0.05, 0.1) is 9.23 Å². The van der Waals surface area contributed by atoms with Crippen molar-refractivity contribution in [2.24, 2.45) is 5.73 Å². The maximum atomic E-state index is 12.3. The highest BCUT2D eigenvalue weighted by atomic mass is 35.5. The highest BCUT2D eigenvalue weighted by Gasteiger charge is 2.17. The summed E-state index contributed by atoms with van der Waals surface area (Å²) < 4.78 is 28.0. The number of benzene rings is 1. The summed E-state index contributed by atoms with van der Waals surface area (Å²) in [6.07, 6.45) is 0.617. The van der Waals surface area contributed by atoms with Crippen molar-refractivity contribution in [2.75, 3.05) is 6.54 Å². The van der Waals surface area contributed by atoms with Gasteiger partial charge in [-0.1, -0.05) is 23.7 Å². The topological polar surface area (TPSA) is 72.2 Å². The van der Waals surface area contributed by atoms with Crippen molar-refractivity contribution < 1.29 is 8.42 Å². The fourth-order valence-corrected chi connectivity index (χ4v) is 4.45. The zero-order chi connectivity index (χ0) is 15.5. The van der Waals surface area contributed by atoms with E-state index >= 15 is 0 Å². The third-order valence-electron chi connectivity index (χ3n) is 3.20. The first-order valence-electron chi connectivity index (χ1n) is 6.46. The van der Waals surface area contributed by atoms with Gasteiger partial charge in [0.1, 0.15) is 0 Å². The molecule has 0 aliphatic carbocycles. The standard InChI is InChI=1S/C14H17ClN2O2S2/c1-10-11(9-16)3-2-4-13(10)21(18,19)17-8-7-12-5-6-14(15)20-12/h2-6,17H,7-9,16H2,1H3. The summed E-state index contributed by atoms with van der Waals surface area (Å²) in [4.78, 5) is 1.34. The third-order valence-corrected chi connectivity index (χ3v) is 6.09. The average molecular weight is 345 g/mol. The second kappa shape index (κ2) is 6.89. The Morgan fingerprint density at radius 2 is 2.05 bits per heavy atom. The molecule has 0 amide bonds. The van der Waals surface area contributed by atoms with E-state index in [4.69, 9.17) is 17.3 Å². The summed E-state index contributed by atoms with van der Waals surface area (Å²) in [6.45, 7) is 2.43. The lowest BCUT2D eigenvalue weighted by molar-refractivity contribution is 0.581. The van der Waals surface area contributed by atoms with Gasteiger partial charge in [-0.2, -0.15) is 0 Å². The molecule has 0 atom stereocenters. The summed E-state index contributed by atoms with van der Waals surface area (Å²) in [5.41, 5.74) is 7.15. The minimum atomic E-state index is -3.52. The molecule has 0 saturated carbocycles. The molecule has 1 aromatic heterocycles. The number of halogens is 1. The Morgan fingerprint density at radius 1 is 1.29 bits per heavy atom. The number of nitrogens with one attached hydrogen (secondary N) is 1. The van der Waals surface area contributed by atoms with Gasteiger partial charge in [0.15, 0.2) is 0 Å². The Morgan fingerprint density at radius 3 is 2.67 bits per heavy atom. The van der Waals surface area contributed by atoms with Crippen molar-refractivity contribution >= 4 is 33.0 Å². The summed E-state index contributed by atoms with van der Waals surface area (Å²) in [7, 11) is -3.52. The second-order valence-electron chi connectivity index (χ2n) is 4.60. The fourth-order valence-electron chi connectivity index (χ4n) is 2.04. The molecule has 1 heterocycles. The van der Waals surface area contributed by atoms with E-state index < -0.39 is 10.0 Å². The Labute approximate surface area is 134 Å². The van der Waals surface area contributed by atoms with E-state index in [0.717, 1.165) is 10.4 Å². The van der Waals surface area contributed by atoms with Crippen LogP contribution in [0.4, 0.5) is 0 Å². The van der Waals surface area contributed by atoms with E-state index in [0.29, 0.717) is 29.4 Å². The van der Waals surface area contributed by atoms with Crippen LogP contribution < -0.4 is 10.5 Å². The zero-order valence-electron chi connectivity index (χ0n) is 11.6. The molecule has 0 fully saturated rings. The number of rotatable bonds is 6. The van der Waals surface area contributed by atoms with E-state index in [2.05, 4.69) is 4.72 Å². The summed E-state index contributed by atoms with van der Waals surface area (Å²) in [5.74, 6) is 0. The van der Waals surface area contributed by atoms with Gasteiger partial charge >= 0.3 is 0 Å². The molecule has 0 spiro atoms. The van der Waals surface area contributed by atoms with E-state index in [1.165, 1.54) is 11.3 Å². The molecule has 114 valence electrons. The lowest BCUT2D eigenvalue weighted by Crippen LogP contribution is -2.26. The zero-order valence-corrected chi connectivity index (χ0v) is 14.0.